The molecular formula is C36H49N3O10. The molecule has 0 bridgehead atoms. The Bertz CT molecular complexity index is 1520. The van der Waals surface area contributed by atoms with E-state index in [0.717, 1.165) is 11.1 Å². The van der Waals surface area contributed by atoms with E-state index in [0.29, 0.717) is 49.4 Å². The Hall–Kier alpha value is -4.30. The van der Waals surface area contributed by atoms with Crippen molar-refractivity contribution in [2.45, 2.75) is 69.8 Å². The molecule has 1 aliphatic rings. The van der Waals surface area contributed by atoms with Crippen LogP contribution in [0.15, 0.2) is 48.7 Å². The fraction of sp³-hybridized carbons (Fsp3) is 0.500. The Kier molecular flexibility index (Phi) is 13.7. The largest absolute Gasteiger partial charge is 0.504 e. The van der Waals surface area contributed by atoms with Crippen LogP contribution in [0.4, 0.5) is 5.82 Å². The number of carboxylic acids is 1. The molecule has 0 spiro atoms. The number of nitrogens with two attached hydrogens (primary N) is 1. The second kappa shape index (κ2) is 17.9. The molecule has 0 unspecified atom stereocenters. The smallest absolute Gasteiger partial charge is 0.303 e. The molecule has 6 atom stereocenters. The molecule has 1 saturated heterocycles. The first-order valence-corrected chi connectivity index (χ1v) is 16.6. The highest BCUT2D eigenvalue weighted by molar-refractivity contribution is 5.67. The average molecular weight is 684 g/mol. The average Bonchev–Trinajstić information content (AvgIpc) is 3.07. The van der Waals surface area contributed by atoms with Gasteiger partial charge in [-0.1, -0.05) is 13.0 Å². The summed E-state index contributed by atoms with van der Waals surface area (Å²) in [5.41, 5.74) is 8.24. The van der Waals surface area contributed by atoms with Crippen LogP contribution in [0.5, 0.6) is 28.7 Å². The van der Waals surface area contributed by atoms with Crippen LogP contribution in [0.1, 0.15) is 55.4 Å². The van der Waals surface area contributed by atoms with Gasteiger partial charge in [0, 0.05) is 24.8 Å². The number of aromatic nitrogens is 1. The lowest BCUT2D eigenvalue weighted by Crippen LogP contribution is -2.43. The van der Waals surface area contributed by atoms with Crippen LogP contribution in [0.3, 0.4) is 0 Å². The molecule has 1 aliphatic heterocycles. The number of phenolic OH excluding ortho intramolecular Hbond substituents is 2. The number of hydrogen-bond donors (Lipinski definition) is 7. The zero-order valence-corrected chi connectivity index (χ0v) is 28.2. The molecule has 49 heavy (non-hydrogen) atoms. The molecule has 13 heteroatoms. The second-order valence-electron chi connectivity index (χ2n) is 12.4. The Morgan fingerprint density at radius 1 is 1.06 bits per heavy atom. The summed E-state index contributed by atoms with van der Waals surface area (Å²) in [4.78, 5) is 15.9. The summed E-state index contributed by atoms with van der Waals surface area (Å²) < 4.78 is 23.5. The number of methoxy groups -OCH3 is 2. The molecule has 0 radical (unpaired) electrons. The standard InChI is InChI=1S/C36H49N3O10/c1-4-38-27(23(18-34(43)44)13-22-9-11-39-33(37)15-22)20-48-32-17-24(16-31(47-3)35(32)45)36-26(10-12-40)29(42)19-25(49-36)7-5-21-6-8-28(41)30(14-21)46-2/h6,8-9,11,14-17,23,25-27,29,36,38,40-42,45H,4-5,7,10,12-13,18-20H2,1-3H3,(H2,37,39)(H,43,44)/t23-,25-,26-,27+,29-,36+/m0/s1. The first kappa shape index (κ1) is 37.5. The van der Waals surface area contributed by atoms with E-state index in [4.69, 9.17) is 24.7 Å². The highest BCUT2D eigenvalue weighted by Gasteiger charge is 2.39. The number of carbonyl (C=O) groups is 1. The maximum Gasteiger partial charge on any atom is 0.303 e. The Balaban J connectivity index is 1.58. The van der Waals surface area contributed by atoms with Gasteiger partial charge in [-0.05, 0) is 97.7 Å². The molecular weight excluding hydrogens is 634 g/mol. The lowest BCUT2D eigenvalue weighted by atomic mass is 9.82. The van der Waals surface area contributed by atoms with Crippen molar-refractivity contribution in [3.05, 3.63) is 65.4 Å². The second-order valence-corrected chi connectivity index (χ2v) is 12.4. The number of aliphatic hydroxyl groups is 2. The van der Waals surface area contributed by atoms with Crippen LogP contribution in [0, 0.1) is 11.8 Å². The SMILES string of the molecule is CCN[C@H](COc1cc([C@H]2O[C@@H](CCc3ccc(O)c(OC)c3)C[C@H](O)[C@@H]2CCO)cc(OC)c1O)[C@H](CC(=O)O)Cc1ccnc(N)c1. The number of nitrogens with one attached hydrogen (secondary N) is 1. The number of nitrogens with zero attached hydrogens (tertiary/aromatic N) is 1. The van der Waals surface area contributed by atoms with E-state index >= 15 is 0 Å². The number of nitrogen functional groups attached to an aromatic ring is 1. The topological polar surface area (TPSA) is 206 Å². The highest BCUT2D eigenvalue weighted by atomic mass is 16.5. The number of aliphatic hydroxyl groups excluding tert-OH is 2. The molecule has 2 aromatic carbocycles. The van der Waals surface area contributed by atoms with Gasteiger partial charge >= 0.3 is 5.97 Å². The van der Waals surface area contributed by atoms with Gasteiger partial charge < -0.3 is 55.5 Å². The minimum absolute atomic E-state index is 0.0272. The van der Waals surface area contributed by atoms with Crippen molar-refractivity contribution in [2.75, 3.05) is 39.7 Å². The number of likely N-dealkylation sites (N-methyl/N-ethyl adjacent to an activating group) is 1. The van der Waals surface area contributed by atoms with Crippen LogP contribution in [0.2, 0.25) is 0 Å². The number of aryl methyl sites for hydroxylation is 1. The summed E-state index contributed by atoms with van der Waals surface area (Å²) in [6, 6.07) is 11.5. The van der Waals surface area contributed by atoms with E-state index in [2.05, 4.69) is 10.3 Å². The van der Waals surface area contributed by atoms with Crippen molar-refractivity contribution in [1.29, 1.82) is 0 Å². The lowest BCUT2D eigenvalue weighted by Gasteiger charge is -2.40. The molecule has 0 amide bonds. The van der Waals surface area contributed by atoms with Gasteiger partial charge in [0.2, 0.25) is 5.75 Å². The van der Waals surface area contributed by atoms with Crippen molar-refractivity contribution >= 4 is 11.8 Å². The number of rotatable bonds is 18. The lowest BCUT2D eigenvalue weighted by molar-refractivity contribution is -0.144. The van der Waals surface area contributed by atoms with Gasteiger partial charge in [0.15, 0.2) is 23.0 Å². The summed E-state index contributed by atoms with van der Waals surface area (Å²) >= 11 is 0. The quantitative estimate of drug-likeness (QED) is 0.102. The van der Waals surface area contributed by atoms with Crippen LogP contribution in [-0.2, 0) is 22.4 Å². The van der Waals surface area contributed by atoms with Crippen LogP contribution in [-0.4, -0.2) is 88.7 Å². The van der Waals surface area contributed by atoms with E-state index in [1.807, 2.05) is 13.0 Å². The van der Waals surface area contributed by atoms with E-state index in [9.17, 15) is 30.3 Å². The molecule has 8 N–H and O–H groups in total. The molecule has 4 rings (SSSR count). The fourth-order valence-corrected chi connectivity index (χ4v) is 6.56. The summed E-state index contributed by atoms with van der Waals surface area (Å²) in [5.74, 6) is -0.997. The number of pyridine rings is 1. The van der Waals surface area contributed by atoms with Crippen molar-refractivity contribution in [1.82, 2.24) is 10.3 Å². The van der Waals surface area contributed by atoms with Crippen molar-refractivity contribution < 1.29 is 49.3 Å². The Morgan fingerprint density at radius 2 is 1.82 bits per heavy atom. The van der Waals surface area contributed by atoms with Gasteiger partial charge in [-0.25, -0.2) is 4.98 Å². The van der Waals surface area contributed by atoms with Gasteiger partial charge in [0.1, 0.15) is 12.4 Å². The molecule has 0 aliphatic carbocycles. The first-order chi connectivity index (χ1) is 23.6. The number of benzene rings is 2. The summed E-state index contributed by atoms with van der Waals surface area (Å²) in [7, 11) is 2.91. The van der Waals surface area contributed by atoms with Crippen molar-refractivity contribution in [3.8, 4) is 28.7 Å². The third kappa shape index (κ3) is 10.1. The molecule has 268 valence electrons. The highest BCUT2D eigenvalue weighted by Crippen LogP contribution is 2.45. The van der Waals surface area contributed by atoms with Gasteiger partial charge in [0.25, 0.3) is 0 Å². The molecule has 1 aromatic heterocycles. The van der Waals surface area contributed by atoms with Gasteiger partial charge in [-0.3, -0.25) is 4.79 Å². The third-order valence-electron chi connectivity index (χ3n) is 9.03. The summed E-state index contributed by atoms with van der Waals surface area (Å²) in [6.45, 7) is 2.33. The predicted octanol–water partition coefficient (Wildman–Crippen LogP) is 3.61. The van der Waals surface area contributed by atoms with Crippen LogP contribution in [0.25, 0.3) is 0 Å². The summed E-state index contributed by atoms with van der Waals surface area (Å²) in [6.07, 6.45) is 1.92. The minimum Gasteiger partial charge on any atom is -0.504 e. The zero-order valence-electron chi connectivity index (χ0n) is 28.2. The number of aliphatic carboxylic acids is 1. The molecule has 2 heterocycles. The van der Waals surface area contributed by atoms with Crippen LogP contribution >= 0.6 is 0 Å². The number of ether oxygens (including phenoxy) is 4. The Labute approximate surface area is 286 Å². The monoisotopic (exact) mass is 683 g/mol. The van der Waals surface area contributed by atoms with Gasteiger partial charge in [-0.2, -0.15) is 0 Å². The molecule has 1 fully saturated rings. The number of anilines is 1. The maximum atomic E-state index is 11.9. The summed E-state index contributed by atoms with van der Waals surface area (Å²) in [5, 5.41) is 55.3. The minimum atomic E-state index is -0.955. The number of hydrogen-bond acceptors (Lipinski definition) is 12. The van der Waals surface area contributed by atoms with E-state index in [1.165, 1.54) is 14.2 Å². The number of phenols is 2. The number of carboxylic acid groups (broad SMARTS) is 1. The van der Waals surface area contributed by atoms with Crippen molar-refractivity contribution in [3.63, 3.8) is 0 Å². The van der Waals surface area contributed by atoms with E-state index in [-0.39, 0.29) is 61.1 Å². The molecule has 13 nitrogen and oxygen atoms in total. The van der Waals surface area contributed by atoms with Crippen molar-refractivity contribution in [2.24, 2.45) is 11.8 Å². The van der Waals surface area contributed by atoms with Gasteiger partial charge in [0.05, 0.1) is 39.0 Å². The Morgan fingerprint density at radius 3 is 2.49 bits per heavy atom. The van der Waals surface area contributed by atoms with Crippen LogP contribution < -0.4 is 25.3 Å². The maximum absolute atomic E-state index is 11.9. The zero-order chi connectivity index (χ0) is 35.5. The first-order valence-electron chi connectivity index (χ1n) is 16.6. The normalized spacial score (nSPS) is 20.3. The van der Waals surface area contributed by atoms with E-state index < -0.39 is 30.1 Å². The number of aromatic hydroxyl groups is 2. The third-order valence-corrected chi connectivity index (χ3v) is 9.03. The molecule has 3 aromatic rings. The molecule has 0 saturated carbocycles. The van der Waals surface area contributed by atoms with E-state index in [1.54, 1.807) is 42.6 Å². The predicted molar refractivity (Wildman–Crippen MR) is 182 cm³/mol. The fourth-order valence-electron chi connectivity index (χ4n) is 6.56. The van der Waals surface area contributed by atoms with Gasteiger partial charge in [-0.15, -0.1) is 0 Å².